The van der Waals surface area contributed by atoms with Crippen LogP contribution in [0, 0.1) is 0 Å². The van der Waals surface area contributed by atoms with Crippen LogP contribution in [0.4, 0.5) is 11.4 Å². The SMILES string of the molecule is CC1OCCC1(C)Nc1cccc(S(=O)(=O)N(C)C)c1N. The quantitative estimate of drug-likeness (QED) is 0.823. The second-order valence-electron chi connectivity index (χ2n) is 5.81. The molecule has 1 aliphatic rings. The van der Waals surface area contributed by atoms with E-state index in [0.29, 0.717) is 12.3 Å². The van der Waals surface area contributed by atoms with Gasteiger partial charge in [-0.05, 0) is 32.4 Å². The van der Waals surface area contributed by atoms with E-state index in [-0.39, 0.29) is 22.2 Å². The van der Waals surface area contributed by atoms with E-state index >= 15 is 0 Å². The van der Waals surface area contributed by atoms with Crippen molar-refractivity contribution in [3.63, 3.8) is 0 Å². The Balaban J connectivity index is 2.40. The van der Waals surface area contributed by atoms with Crippen LogP contribution in [-0.4, -0.2) is 45.1 Å². The third kappa shape index (κ3) is 2.86. The predicted octanol–water partition coefficient (Wildman–Crippen LogP) is 1.50. The molecule has 118 valence electrons. The molecule has 0 radical (unpaired) electrons. The van der Waals surface area contributed by atoms with Crippen LogP contribution in [0.25, 0.3) is 0 Å². The molecule has 2 atom stereocenters. The molecule has 1 fully saturated rings. The highest BCUT2D eigenvalue weighted by molar-refractivity contribution is 7.89. The molecule has 0 amide bonds. The lowest BCUT2D eigenvalue weighted by atomic mass is 9.94. The van der Waals surface area contributed by atoms with Crippen molar-refractivity contribution in [1.82, 2.24) is 4.31 Å². The van der Waals surface area contributed by atoms with Crippen LogP contribution in [0.3, 0.4) is 0 Å². The number of sulfonamides is 1. The first-order valence-electron chi connectivity index (χ1n) is 6.89. The zero-order chi connectivity index (χ0) is 15.8. The zero-order valence-corrected chi connectivity index (χ0v) is 13.7. The second-order valence-corrected chi connectivity index (χ2v) is 7.93. The molecule has 1 heterocycles. The standard InChI is InChI=1S/C14H23N3O3S/c1-10-14(2,8-9-20-10)16-11-6-5-7-12(13(11)15)21(18,19)17(3)4/h5-7,10,16H,8-9,15H2,1-4H3. The van der Waals surface area contributed by atoms with E-state index in [9.17, 15) is 8.42 Å². The first-order chi connectivity index (χ1) is 9.68. The fourth-order valence-electron chi connectivity index (χ4n) is 2.38. The van der Waals surface area contributed by atoms with Crippen molar-refractivity contribution < 1.29 is 13.2 Å². The summed E-state index contributed by atoms with van der Waals surface area (Å²) in [6, 6.07) is 5.01. The molecule has 1 saturated heterocycles. The number of para-hydroxylation sites is 1. The van der Waals surface area contributed by atoms with Gasteiger partial charge in [-0.25, -0.2) is 12.7 Å². The van der Waals surface area contributed by atoms with E-state index in [1.165, 1.54) is 20.2 Å². The number of nitrogens with zero attached hydrogens (tertiary/aromatic N) is 1. The number of nitrogen functional groups attached to an aromatic ring is 1. The van der Waals surface area contributed by atoms with E-state index in [1.807, 2.05) is 6.92 Å². The van der Waals surface area contributed by atoms with Gasteiger partial charge in [0.1, 0.15) is 4.90 Å². The summed E-state index contributed by atoms with van der Waals surface area (Å²) in [6.07, 6.45) is 0.879. The van der Waals surface area contributed by atoms with Gasteiger partial charge in [-0.2, -0.15) is 0 Å². The zero-order valence-electron chi connectivity index (χ0n) is 12.9. The maximum absolute atomic E-state index is 12.3. The minimum atomic E-state index is -3.56. The van der Waals surface area contributed by atoms with Crippen molar-refractivity contribution in [2.75, 3.05) is 31.8 Å². The van der Waals surface area contributed by atoms with Crippen LogP contribution in [-0.2, 0) is 14.8 Å². The highest BCUT2D eigenvalue weighted by atomic mass is 32.2. The summed E-state index contributed by atoms with van der Waals surface area (Å²) in [5, 5.41) is 3.35. The maximum Gasteiger partial charge on any atom is 0.244 e. The van der Waals surface area contributed by atoms with E-state index in [4.69, 9.17) is 10.5 Å². The third-order valence-corrected chi connectivity index (χ3v) is 6.00. The Morgan fingerprint density at radius 1 is 1.43 bits per heavy atom. The Morgan fingerprint density at radius 2 is 2.10 bits per heavy atom. The lowest BCUT2D eigenvalue weighted by Crippen LogP contribution is -2.41. The molecule has 2 unspecified atom stereocenters. The number of hydrogen-bond donors (Lipinski definition) is 2. The molecule has 0 saturated carbocycles. The number of nitrogens with two attached hydrogens (primary N) is 1. The van der Waals surface area contributed by atoms with Gasteiger partial charge in [0.05, 0.1) is 23.0 Å². The number of hydrogen-bond acceptors (Lipinski definition) is 5. The molecule has 2 rings (SSSR count). The van der Waals surface area contributed by atoms with Gasteiger partial charge in [-0.3, -0.25) is 0 Å². The Labute approximate surface area is 126 Å². The van der Waals surface area contributed by atoms with Crippen molar-refractivity contribution >= 4 is 21.4 Å². The summed E-state index contributed by atoms with van der Waals surface area (Å²) in [5.74, 6) is 0. The number of nitrogens with one attached hydrogen (secondary N) is 1. The fraction of sp³-hybridized carbons (Fsp3) is 0.571. The van der Waals surface area contributed by atoms with Crippen LogP contribution in [0.5, 0.6) is 0 Å². The molecule has 1 aliphatic heterocycles. The summed E-state index contributed by atoms with van der Waals surface area (Å²) in [6.45, 7) is 4.73. The Morgan fingerprint density at radius 3 is 2.62 bits per heavy atom. The van der Waals surface area contributed by atoms with Crippen LogP contribution >= 0.6 is 0 Å². The number of ether oxygens (including phenoxy) is 1. The monoisotopic (exact) mass is 313 g/mol. The molecule has 0 aromatic heterocycles. The molecule has 0 aliphatic carbocycles. The van der Waals surface area contributed by atoms with Crippen molar-refractivity contribution in [2.45, 2.75) is 36.8 Å². The molecule has 1 aromatic rings. The van der Waals surface area contributed by atoms with Gasteiger partial charge >= 0.3 is 0 Å². The largest absolute Gasteiger partial charge is 0.396 e. The minimum absolute atomic E-state index is 0.0333. The molecule has 1 aromatic carbocycles. The maximum atomic E-state index is 12.3. The first kappa shape index (κ1) is 16.1. The first-order valence-corrected chi connectivity index (χ1v) is 8.33. The van der Waals surface area contributed by atoms with E-state index in [0.717, 1.165) is 10.7 Å². The summed E-state index contributed by atoms with van der Waals surface area (Å²) < 4.78 is 31.3. The lowest BCUT2D eigenvalue weighted by Gasteiger charge is -2.31. The molecular weight excluding hydrogens is 290 g/mol. The Bertz CT molecular complexity index is 630. The summed E-state index contributed by atoms with van der Waals surface area (Å²) in [4.78, 5) is 0.118. The fourth-order valence-corrected chi connectivity index (χ4v) is 3.41. The van der Waals surface area contributed by atoms with Gasteiger partial charge in [0.25, 0.3) is 0 Å². The van der Waals surface area contributed by atoms with Crippen LogP contribution < -0.4 is 11.1 Å². The average Bonchev–Trinajstić information content (AvgIpc) is 2.71. The summed E-state index contributed by atoms with van der Waals surface area (Å²) >= 11 is 0. The number of anilines is 2. The molecule has 7 heteroatoms. The average molecular weight is 313 g/mol. The summed E-state index contributed by atoms with van der Waals surface area (Å²) in [5.41, 5.74) is 6.69. The topological polar surface area (TPSA) is 84.7 Å². The second kappa shape index (κ2) is 5.47. The Hall–Kier alpha value is -1.31. The van der Waals surface area contributed by atoms with E-state index < -0.39 is 10.0 Å². The van der Waals surface area contributed by atoms with Crippen molar-refractivity contribution in [2.24, 2.45) is 0 Å². The molecular formula is C14H23N3O3S. The highest BCUT2D eigenvalue weighted by Crippen LogP contribution is 2.34. The van der Waals surface area contributed by atoms with Crippen LogP contribution in [0.1, 0.15) is 20.3 Å². The molecule has 6 nitrogen and oxygen atoms in total. The lowest BCUT2D eigenvalue weighted by molar-refractivity contribution is 0.105. The summed E-state index contributed by atoms with van der Waals surface area (Å²) in [7, 11) is -0.582. The van der Waals surface area contributed by atoms with Gasteiger partial charge in [0.15, 0.2) is 0 Å². The molecule has 21 heavy (non-hydrogen) atoms. The van der Waals surface area contributed by atoms with E-state index in [1.54, 1.807) is 12.1 Å². The number of benzene rings is 1. The Kier molecular flexibility index (Phi) is 4.19. The van der Waals surface area contributed by atoms with Crippen LogP contribution in [0.15, 0.2) is 23.1 Å². The normalized spacial score (nSPS) is 26.2. The van der Waals surface area contributed by atoms with Crippen LogP contribution in [0.2, 0.25) is 0 Å². The molecule has 0 bridgehead atoms. The van der Waals surface area contributed by atoms with Crippen molar-refractivity contribution in [1.29, 1.82) is 0 Å². The third-order valence-electron chi connectivity index (χ3n) is 4.13. The molecule has 0 spiro atoms. The smallest absolute Gasteiger partial charge is 0.244 e. The van der Waals surface area contributed by atoms with Gasteiger partial charge in [-0.15, -0.1) is 0 Å². The van der Waals surface area contributed by atoms with Crippen molar-refractivity contribution in [3.05, 3.63) is 18.2 Å². The molecule has 3 N–H and O–H groups in total. The highest BCUT2D eigenvalue weighted by Gasteiger charge is 2.37. The predicted molar refractivity (Wildman–Crippen MR) is 83.8 cm³/mol. The van der Waals surface area contributed by atoms with Gasteiger partial charge in [0.2, 0.25) is 10.0 Å². The van der Waals surface area contributed by atoms with Gasteiger partial charge in [0, 0.05) is 20.7 Å². The van der Waals surface area contributed by atoms with Crippen molar-refractivity contribution in [3.8, 4) is 0 Å². The number of rotatable bonds is 4. The minimum Gasteiger partial charge on any atom is -0.396 e. The van der Waals surface area contributed by atoms with E-state index in [2.05, 4.69) is 12.2 Å². The van der Waals surface area contributed by atoms with Gasteiger partial charge in [-0.1, -0.05) is 6.07 Å². The van der Waals surface area contributed by atoms with Gasteiger partial charge < -0.3 is 15.8 Å².